The van der Waals surface area contributed by atoms with Gasteiger partial charge in [-0.05, 0) is 12.8 Å². The Bertz CT molecular complexity index is 204. The fourth-order valence-electron chi connectivity index (χ4n) is 1.83. The largest absolute Gasteiger partial charge is 0.347 e. The highest BCUT2D eigenvalue weighted by atomic mass is 16.2. The molecule has 0 aromatic heterocycles. The van der Waals surface area contributed by atoms with Crippen LogP contribution < -0.4 is 5.32 Å². The predicted molar refractivity (Wildman–Crippen MR) is 70.9 cm³/mol. The third-order valence-electron chi connectivity index (χ3n) is 2.87. The summed E-state index contributed by atoms with van der Waals surface area (Å²) in [5, 5.41) is 2.76. The number of nitrogens with one attached hydrogen (secondary N) is 1. The molecule has 0 saturated heterocycles. The van der Waals surface area contributed by atoms with Gasteiger partial charge in [0, 0.05) is 6.42 Å². The number of aldehydes is 1. The zero-order chi connectivity index (χ0) is 12.9. The molecular weight excluding hydrogens is 214 g/mol. The van der Waals surface area contributed by atoms with Crippen molar-refractivity contribution in [2.75, 3.05) is 0 Å². The van der Waals surface area contributed by atoms with Crippen molar-refractivity contribution in [2.45, 2.75) is 77.7 Å². The molecule has 3 heteroatoms. The van der Waals surface area contributed by atoms with Crippen LogP contribution in [0.1, 0.15) is 71.6 Å². The third kappa shape index (κ3) is 10.0. The van der Waals surface area contributed by atoms with E-state index in [2.05, 4.69) is 12.2 Å². The molecule has 0 radical (unpaired) electrons. The molecule has 0 heterocycles. The van der Waals surface area contributed by atoms with Crippen LogP contribution in [0.2, 0.25) is 0 Å². The Morgan fingerprint density at radius 3 is 2.29 bits per heavy atom. The zero-order valence-corrected chi connectivity index (χ0v) is 11.3. The van der Waals surface area contributed by atoms with Crippen molar-refractivity contribution >= 4 is 12.2 Å². The van der Waals surface area contributed by atoms with Crippen LogP contribution in [0.4, 0.5) is 0 Å². The molecule has 1 atom stereocenters. The molecule has 1 N–H and O–H groups in total. The van der Waals surface area contributed by atoms with Crippen molar-refractivity contribution in [2.24, 2.45) is 0 Å². The van der Waals surface area contributed by atoms with E-state index in [1.165, 1.54) is 25.7 Å². The molecule has 3 nitrogen and oxygen atoms in total. The Kier molecular flexibility index (Phi) is 11.0. The zero-order valence-electron chi connectivity index (χ0n) is 11.3. The maximum absolute atomic E-state index is 11.5. The van der Waals surface area contributed by atoms with Crippen molar-refractivity contribution in [3.8, 4) is 0 Å². The molecule has 100 valence electrons. The van der Waals surface area contributed by atoms with Gasteiger partial charge >= 0.3 is 0 Å². The minimum atomic E-state index is -0.285. The van der Waals surface area contributed by atoms with Crippen molar-refractivity contribution in [3.63, 3.8) is 0 Å². The van der Waals surface area contributed by atoms with Crippen LogP contribution in [0.3, 0.4) is 0 Å². The highest BCUT2D eigenvalue weighted by Gasteiger charge is 2.09. The third-order valence-corrected chi connectivity index (χ3v) is 2.87. The fraction of sp³-hybridized carbons (Fsp3) is 0.857. The van der Waals surface area contributed by atoms with Gasteiger partial charge in [0.25, 0.3) is 0 Å². The van der Waals surface area contributed by atoms with Crippen molar-refractivity contribution in [1.82, 2.24) is 5.32 Å². The standard InChI is InChI=1S/C14H27NO2/c1-3-5-6-7-8-9-11-14(17)15-13(12-16)10-4-2/h12-13H,3-11H2,1-2H3,(H,15,17). The van der Waals surface area contributed by atoms with E-state index < -0.39 is 0 Å². The first-order valence-electron chi connectivity index (χ1n) is 6.99. The second-order valence-corrected chi connectivity index (χ2v) is 4.62. The van der Waals surface area contributed by atoms with Crippen LogP contribution in [-0.4, -0.2) is 18.2 Å². The highest BCUT2D eigenvalue weighted by molar-refractivity contribution is 5.79. The monoisotopic (exact) mass is 241 g/mol. The molecule has 1 amide bonds. The summed E-state index contributed by atoms with van der Waals surface area (Å²) in [7, 11) is 0. The van der Waals surface area contributed by atoms with Crippen molar-refractivity contribution in [3.05, 3.63) is 0 Å². The van der Waals surface area contributed by atoms with E-state index in [0.29, 0.717) is 6.42 Å². The molecule has 0 aliphatic rings. The summed E-state index contributed by atoms with van der Waals surface area (Å²) >= 11 is 0. The SMILES string of the molecule is CCCCCCCCC(=O)NC(C=O)CCC. The van der Waals surface area contributed by atoms with E-state index >= 15 is 0 Å². The molecular formula is C14H27NO2. The summed E-state index contributed by atoms with van der Waals surface area (Å²) in [4.78, 5) is 22.2. The quantitative estimate of drug-likeness (QED) is 0.446. The van der Waals surface area contributed by atoms with E-state index in [1.54, 1.807) is 0 Å². The first kappa shape index (κ1) is 16.1. The van der Waals surface area contributed by atoms with Gasteiger partial charge in [0.15, 0.2) is 0 Å². The lowest BCUT2D eigenvalue weighted by Gasteiger charge is -2.11. The predicted octanol–water partition coefficient (Wildman–Crippen LogP) is 3.22. The number of amides is 1. The Morgan fingerprint density at radius 1 is 1.06 bits per heavy atom. The number of hydrogen-bond acceptors (Lipinski definition) is 2. The van der Waals surface area contributed by atoms with Gasteiger partial charge in [-0.1, -0.05) is 52.4 Å². The number of carbonyl (C=O) groups is 2. The van der Waals surface area contributed by atoms with Crippen LogP contribution in [0.5, 0.6) is 0 Å². The van der Waals surface area contributed by atoms with Crippen LogP contribution in [-0.2, 0) is 9.59 Å². The van der Waals surface area contributed by atoms with E-state index in [9.17, 15) is 9.59 Å². The molecule has 0 saturated carbocycles. The molecule has 0 aliphatic carbocycles. The van der Waals surface area contributed by atoms with Crippen LogP contribution >= 0.6 is 0 Å². The minimum Gasteiger partial charge on any atom is -0.347 e. The Hall–Kier alpha value is -0.860. The Labute approximate surface area is 105 Å². The van der Waals surface area contributed by atoms with E-state index in [-0.39, 0.29) is 11.9 Å². The number of rotatable bonds is 11. The smallest absolute Gasteiger partial charge is 0.220 e. The van der Waals surface area contributed by atoms with E-state index in [1.807, 2.05) is 6.92 Å². The molecule has 0 rings (SSSR count). The van der Waals surface area contributed by atoms with Crippen molar-refractivity contribution < 1.29 is 9.59 Å². The summed E-state index contributed by atoms with van der Waals surface area (Å²) in [5.74, 6) is 0.0195. The summed E-state index contributed by atoms with van der Waals surface area (Å²) in [5.41, 5.74) is 0. The molecule has 0 aromatic carbocycles. The minimum absolute atomic E-state index is 0.0195. The number of unbranched alkanes of at least 4 members (excludes halogenated alkanes) is 5. The fourth-order valence-corrected chi connectivity index (χ4v) is 1.83. The first-order valence-corrected chi connectivity index (χ1v) is 6.99. The van der Waals surface area contributed by atoms with Crippen LogP contribution in [0.15, 0.2) is 0 Å². The summed E-state index contributed by atoms with van der Waals surface area (Å²) in [6, 6.07) is -0.285. The van der Waals surface area contributed by atoms with E-state index in [4.69, 9.17) is 0 Å². The number of carbonyl (C=O) groups excluding carboxylic acids is 2. The summed E-state index contributed by atoms with van der Waals surface area (Å²) in [6.07, 6.45) is 10.1. The molecule has 0 fully saturated rings. The molecule has 0 aliphatic heterocycles. The average Bonchev–Trinajstić information content (AvgIpc) is 2.33. The lowest BCUT2D eigenvalue weighted by atomic mass is 10.1. The topological polar surface area (TPSA) is 46.2 Å². The van der Waals surface area contributed by atoms with Gasteiger partial charge < -0.3 is 10.1 Å². The maximum atomic E-state index is 11.5. The normalized spacial score (nSPS) is 12.1. The lowest BCUT2D eigenvalue weighted by molar-refractivity contribution is -0.124. The van der Waals surface area contributed by atoms with Gasteiger partial charge in [-0.15, -0.1) is 0 Å². The van der Waals surface area contributed by atoms with Gasteiger partial charge in [0.2, 0.25) is 5.91 Å². The van der Waals surface area contributed by atoms with Gasteiger partial charge in [0.05, 0.1) is 6.04 Å². The van der Waals surface area contributed by atoms with Gasteiger partial charge in [-0.2, -0.15) is 0 Å². The van der Waals surface area contributed by atoms with Gasteiger partial charge in [0.1, 0.15) is 6.29 Å². The Morgan fingerprint density at radius 2 is 1.71 bits per heavy atom. The molecule has 0 bridgehead atoms. The molecule has 0 aromatic rings. The summed E-state index contributed by atoms with van der Waals surface area (Å²) in [6.45, 7) is 4.21. The first-order chi connectivity index (χ1) is 8.24. The second-order valence-electron chi connectivity index (χ2n) is 4.62. The maximum Gasteiger partial charge on any atom is 0.220 e. The van der Waals surface area contributed by atoms with Gasteiger partial charge in [-0.25, -0.2) is 0 Å². The van der Waals surface area contributed by atoms with Gasteiger partial charge in [-0.3, -0.25) is 4.79 Å². The van der Waals surface area contributed by atoms with E-state index in [0.717, 1.165) is 32.0 Å². The molecule has 17 heavy (non-hydrogen) atoms. The molecule has 1 unspecified atom stereocenters. The van der Waals surface area contributed by atoms with Crippen LogP contribution in [0.25, 0.3) is 0 Å². The molecule has 0 spiro atoms. The second kappa shape index (κ2) is 11.6. The average molecular weight is 241 g/mol. The van der Waals surface area contributed by atoms with Crippen molar-refractivity contribution in [1.29, 1.82) is 0 Å². The summed E-state index contributed by atoms with van der Waals surface area (Å²) < 4.78 is 0. The van der Waals surface area contributed by atoms with Crippen LogP contribution in [0, 0.1) is 0 Å². The Balaban J connectivity index is 3.48. The lowest BCUT2D eigenvalue weighted by Crippen LogP contribution is -2.35. The number of hydrogen-bond donors (Lipinski definition) is 1. The highest BCUT2D eigenvalue weighted by Crippen LogP contribution is 2.07.